The monoisotopic (exact) mass is 558 g/mol. The number of hydrogen-bond donors (Lipinski definition) is 1. The van der Waals surface area contributed by atoms with E-state index in [0.717, 1.165) is 28.6 Å². The Balaban J connectivity index is 1.68. The molecule has 1 aliphatic rings. The second-order valence-corrected chi connectivity index (χ2v) is 10.5. The number of carbonyl (C=O) groups excluding carboxylic acids is 2. The number of thiazole rings is 1. The van der Waals surface area contributed by atoms with E-state index in [1.165, 1.54) is 30.5 Å². The first-order valence-electron chi connectivity index (χ1n) is 13.0. The summed E-state index contributed by atoms with van der Waals surface area (Å²) in [6.07, 6.45) is 1.88. The maximum atomic E-state index is 13.6. The third kappa shape index (κ3) is 5.00. The van der Waals surface area contributed by atoms with Crippen molar-refractivity contribution < 1.29 is 28.9 Å². The Morgan fingerprint density at radius 3 is 2.58 bits per heavy atom. The Morgan fingerprint density at radius 1 is 1.02 bits per heavy atom. The van der Waals surface area contributed by atoms with Gasteiger partial charge in [-0.15, -0.1) is 0 Å². The highest BCUT2D eigenvalue weighted by Gasteiger charge is 2.48. The van der Waals surface area contributed by atoms with Crippen LogP contribution in [0.1, 0.15) is 42.5 Å². The van der Waals surface area contributed by atoms with Crippen LogP contribution >= 0.6 is 11.3 Å². The number of aromatic nitrogens is 1. The molecule has 1 saturated heterocycles. The zero-order valence-corrected chi connectivity index (χ0v) is 23.6. The third-order valence-electron chi connectivity index (χ3n) is 6.78. The van der Waals surface area contributed by atoms with Crippen molar-refractivity contribution in [1.82, 2.24) is 4.98 Å². The van der Waals surface area contributed by atoms with Gasteiger partial charge in [-0.3, -0.25) is 14.5 Å². The lowest BCUT2D eigenvalue weighted by molar-refractivity contribution is -0.132. The van der Waals surface area contributed by atoms with E-state index in [1.807, 2.05) is 25.1 Å². The lowest BCUT2D eigenvalue weighted by Crippen LogP contribution is -2.29. The van der Waals surface area contributed by atoms with Crippen LogP contribution in [-0.2, 0) is 9.59 Å². The molecule has 1 unspecified atom stereocenters. The van der Waals surface area contributed by atoms with Crippen LogP contribution in [0.4, 0.5) is 5.13 Å². The second-order valence-electron chi connectivity index (χ2n) is 9.48. The number of aliphatic hydroxyl groups excluding tert-OH is 1. The number of hydrogen-bond acceptors (Lipinski definition) is 8. The van der Waals surface area contributed by atoms with Gasteiger partial charge in [0.1, 0.15) is 11.5 Å². The molecule has 2 heterocycles. The first kappa shape index (κ1) is 27.2. The molecule has 9 heteroatoms. The molecule has 0 saturated carbocycles. The molecule has 1 aliphatic heterocycles. The molecule has 1 fully saturated rings. The number of benzene rings is 3. The molecule has 3 aromatic carbocycles. The van der Waals surface area contributed by atoms with Crippen LogP contribution in [0, 0.1) is 6.92 Å². The summed E-state index contributed by atoms with van der Waals surface area (Å²) >= 11 is 1.32. The van der Waals surface area contributed by atoms with Crippen molar-refractivity contribution in [2.45, 2.75) is 32.7 Å². The zero-order valence-electron chi connectivity index (χ0n) is 22.8. The number of fused-ring (bicyclic) bond motifs is 1. The van der Waals surface area contributed by atoms with E-state index in [9.17, 15) is 14.7 Å². The smallest absolute Gasteiger partial charge is 0.301 e. The number of rotatable bonds is 9. The summed E-state index contributed by atoms with van der Waals surface area (Å²) < 4.78 is 17.6. The Kier molecular flexibility index (Phi) is 7.75. The number of ether oxygens (including phenoxy) is 3. The number of amides is 1. The van der Waals surface area contributed by atoms with Gasteiger partial charge in [0.2, 0.25) is 0 Å². The summed E-state index contributed by atoms with van der Waals surface area (Å²) in [5.74, 6) is -0.376. The van der Waals surface area contributed by atoms with Crippen molar-refractivity contribution in [1.29, 1.82) is 0 Å². The summed E-state index contributed by atoms with van der Waals surface area (Å²) in [5.41, 5.74) is 2.66. The number of aryl methyl sites for hydroxylation is 1. The SMILES string of the molecule is CCCCOc1cccc(/C(O)=C2\C(=O)C(=O)N(c3nc4ccc(C)cc4s3)C2c2ccc(OC)c(OC)c2)c1. The molecule has 1 atom stereocenters. The first-order chi connectivity index (χ1) is 19.4. The second kappa shape index (κ2) is 11.4. The Bertz CT molecular complexity index is 1630. The minimum Gasteiger partial charge on any atom is -0.507 e. The fourth-order valence-electron chi connectivity index (χ4n) is 4.71. The molecule has 1 aromatic heterocycles. The molecular formula is C31H30N2O6S. The fourth-order valence-corrected chi connectivity index (χ4v) is 5.80. The van der Waals surface area contributed by atoms with Crippen molar-refractivity contribution in [3.63, 3.8) is 0 Å². The Hall–Kier alpha value is -4.37. The molecule has 1 N–H and O–H groups in total. The summed E-state index contributed by atoms with van der Waals surface area (Å²) in [6.45, 7) is 4.59. The molecule has 0 spiro atoms. The van der Waals surface area contributed by atoms with Gasteiger partial charge in [-0.05, 0) is 60.9 Å². The van der Waals surface area contributed by atoms with E-state index in [-0.39, 0.29) is 11.3 Å². The number of aliphatic hydroxyl groups is 1. The van der Waals surface area contributed by atoms with Crippen LogP contribution in [0.25, 0.3) is 16.0 Å². The van der Waals surface area contributed by atoms with E-state index in [1.54, 1.807) is 42.5 Å². The number of unbranched alkanes of at least 4 members (excludes halogenated alkanes) is 1. The first-order valence-corrected chi connectivity index (χ1v) is 13.8. The van der Waals surface area contributed by atoms with Crippen molar-refractivity contribution in [2.24, 2.45) is 0 Å². The minimum atomic E-state index is -0.953. The van der Waals surface area contributed by atoms with Gasteiger partial charge in [-0.2, -0.15) is 0 Å². The van der Waals surface area contributed by atoms with Gasteiger partial charge in [0.25, 0.3) is 5.78 Å². The van der Waals surface area contributed by atoms with Crippen molar-refractivity contribution in [3.8, 4) is 17.2 Å². The van der Waals surface area contributed by atoms with Gasteiger partial charge in [-0.25, -0.2) is 4.98 Å². The van der Waals surface area contributed by atoms with Crippen molar-refractivity contribution in [2.75, 3.05) is 25.7 Å². The van der Waals surface area contributed by atoms with E-state index in [0.29, 0.717) is 40.1 Å². The van der Waals surface area contributed by atoms with Gasteiger partial charge >= 0.3 is 5.91 Å². The van der Waals surface area contributed by atoms with E-state index in [2.05, 4.69) is 11.9 Å². The van der Waals surface area contributed by atoms with E-state index in [4.69, 9.17) is 14.2 Å². The molecule has 0 bridgehead atoms. The van der Waals surface area contributed by atoms with Crippen molar-refractivity contribution >= 4 is 44.1 Å². The maximum absolute atomic E-state index is 13.6. The average Bonchev–Trinajstić information content (AvgIpc) is 3.49. The van der Waals surface area contributed by atoms with Crippen LogP contribution in [0.3, 0.4) is 0 Å². The van der Waals surface area contributed by atoms with Gasteiger partial charge in [0.05, 0.1) is 42.7 Å². The van der Waals surface area contributed by atoms with Gasteiger partial charge in [0, 0.05) is 5.56 Å². The van der Waals surface area contributed by atoms with Crippen LogP contribution in [0.2, 0.25) is 0 Å². The molecule has 5 rings (SSSR count). The zero-order chi connectivity index (χ0) is 28.4. The highest BCUT2D eigenvalue weighted by molar-refractivity contribution is 7.22. The largest absolute Gasteiger partial charge is 0.507 e. The normalized spacial score (nSPS) is 16.5. The molecule has 1 amide bonds. The number of carbonyl (C=O) groups is 2. The molecule has 0 aliphatic carbocycles. The molecule has 206 valence electrons. The maximum Gasteiger partial charge on any atom is 0.301 e. The highest BCUT2D eigenvalue weighted by Crippen LogP contribution is 2.46. The Morgan fingerprint density at radius 2 is 1.82 bits per heavy atom. The van der Waals surface area contributed by atoms with E-state index < -0.39 is 17.7 Å². The number of anilines is 1. The average molecular weight is 559 g/mol. The lowest BCUT2D eigenvalue weighted by Gasteiger charge is -2.23. The molecule has 40 heavy (non-hydrogen) atoms. The third-order valence-corrected chi connectivity index (χ3v) is 7.80. The minimum absolute atomic E-state index is 0.0432. The lowest BCUT2D eigenvalue weighted by atomic mass is 9.95. The highest BCUT2D eigenvalue weighted by atomic mass is 32.1. The van der Waals surface area contributed by atoms with E-state index >= 15 is 0 Å². The van der Waals surface area contributed by atoms with Crippen LogP contribution in [-0.4, -0.2) is 42.6 Å². The quantitative estimate of drug-likeness (QED) is 0.109. The molecule has 8 nitrogen and oxygen atoms in total. The fraction of sp³-hybridized carbons (Fsp3) is 0.258. The standard InChI is InChI=1S/C31H30N2O6S/c1-5-6-14-39-21-9-7-8-20(16-21)28(34)26-27(19-11-13-23(37-3)24(17-19)38-4)33(30(36)29(26)35)31-32-22-12-10-18(2)15-25(22)40-31/h7-13,15-17,27,34H,5-6,14H2,1-4H3/b28-26+. The summed E-state index contributed by atoms with van der Waals surface area (Å²) in [6, 6.07) is 16.9. The molecule has 4 aromatic rings. The number of ketones is 1. The summed E-state index contributed by atoms with van der Waals surface area (Å²) in [4.78, 5) is 33.3. The van der Waals surface area contributed by atoms with Gasteiger partial charge in [-0.1, -0.05) is 48.9 Å². The summed E-state index contributed by atoms with van der Waals surface area (Å²) in [5, 5.41) is 11.9. The van der Waals surface area contributed by atoms with Crippen LogP contribution < -0.4 is 19.1 Å². The van der Waals surface area contributed by atoms with Gasteiger partial charge in [0.15, 0.2) is 16.6 Å². The molecular weight excluding hydrogens is 528 g/mol. The number of Topliss-reactive ketones (excluding diaryl/α,β-unsaturated/α-hetero) is 1. The van der Waals surface area contributed by atoms with Crippen molar-refractivity contribution in [3.05, 3.63) is 82.9 Å². The Labute approximate surface area is 236 Å². The molecule has 0 radical (unpaired) electrons. The topological polar surface area (TPSA) is 98.2 Å². The predicted molar refractivity (Wildman–Crippen MR) is 156 cm³/mol. The summed E-state index contributed by atoms with van der Waals surface area (Å²) in [7, 11) is 3.04. The van der Waals surface area contributed by atoms with Crippen LogP contribution in [0.5, 0.6) is 17.2 Å². The number of nitrogens with zero attached hydrogens (tertiary/aromatic N) is 2. The van der Waals surface area contributed by atoms with Gasteiger partial charge < -0.3 is 19.3 Å². The number of methoxy groups -OCH3 is 2. The predicted octanol–water partition coefficient (Wildman–Crippen LogP) is 6.43. The van der Waals surface area contributed by atoms with Crippen LogP contribution in [0.15, 0.2) is 66.2 Å².